The van der Waals surface area contributed by atoms with Crippen LogP contribution in [0.5, 0.6) is 0 Å². The van der Waals surface area contributed by atoms with Gasteiger partial charge in [0.1, 0.15) is 0 Å². The molecule has 0 aliphatic heterocycles. The minimum atomic E-state index is -6.59. The molecule has 3 aromatic rings. The van der Waals surface area contributed by atoms with Gasteiger partial charge in [-0.2, -0.15) is 30.7 Å². The number of aromatic nitrogens is 1. The molecule has 0 unspecified atom stereocenters. The summed E-state index contributed by atoms with van der Waals surface area (Å²) >= 11 is 0.613. The lowest BCUT2D eigenvalue weighted by atomic mass is 10.0. The maximum absolute atomic E-state index is 13.4. The van der Waals surface area contributed by atoms with E-state index in [0.29, 0.717) is 16.9 Å². The number of benzene rings is 2. The molecular formula is C17H9F7N2OS. The maximum atomic E-state index is 13.4. The van der Waals surface area contributed by atoms with Crippen molar-refractivity contribution >= 4 is 33.1 Å². The summed E-state index contributed by atoms with van der Waals surface area (Å²) in [7, 11) is 0. The molecule has 0 atom stereocenters. The molecule has 2 aromatic carbocycles. The van der Waals surface area contributed by atoms with Crippen LogP contribution >= 0.6 is 11.3 Å². The Morgan fingerprint density at radius 2 is 1.57 bits per heavy atom. The third-order valence-electron chi connectivity index (χ3n) is 3.83. The molecule has 0 aliphatic rings. The number of thiazole rings is 1. The molecule has 0 bridgehead atoms. The number of amides is 1. The summed E-state index contributed by atoms with van der Waals surface area (Å²) in [6.45, 7) is 0. The zero-order valence-corrected chi connectivity index (χ0v) is 14.3. The van der Waals surface area contributed by atoms with E-state index in [9.17, 15) is 35.5 Å². The first-order valence-corrected chi connectivity index (χ1v) is 8.40. The topological polar surface area (TPSA) is 42.0 Å². The van der Waals surface area contributed by atoms with Crippen LogP contribution in [0.2, 0.25) is 0 Å². The Hall–Kier alpha value is -2.69. The number of hydrogen-bond acceptors (Lipinski definition) is 3. The Balaban J connectivity index is 1.88. The average Bonchev–Trinajstić information content (AvgIpc) is 3.08. The molecule has 1 aromatic heterocycles. The molecule has 3 nitrogen and oxygen atoms in total. The molecule has 1 amide bonds. The minimum Gasteiger partial charge on any atom is -0.296 e. The van der Waals surface area contributed by atoms with E-state index in [1.54, 1.807) is 30.3 Å². The highest BCUT2D eigenvalue weighted by atomic mass is 32.1. The Kier molecular flexibility index (Phi) is 4.82. The summed E-state index contributed by atoms with van der Waals surface area (Å²) in [6.07, 6.45) is -6.59. The van der Waals surface area contributed by atoms with Gasteiger partial charge in [0, 0.05) is 10.9 Å². The largest absolute Gasteiger partial charge is 0.460 e. The van der Waals surface area contributed by atoms with Crippen molar-refractivity contribution in [3.8, 4) is 11.3 Å². The van der Waals surface area contributed by atoms with Crippen LogP contribution in [0.3, 0.4) is 0 Å². The monoisotopic (exact) mass is 422 g/mol. The molecule has 0 saturated heterocycles. The SMILES string of the molecule is O=C(Nc1nc(-c2cccc3ccccc23)cs1)C(F)(F)C(F)(F)C(F)(F)F. The van der Waals surface area contributed by atoms with Gasteiger partial charge >= 0.3 is 23.9 Å². The predicted octanol–water partition coefficient (Wildman–Crippen LogP) is 5.73. The molecule has 0 radical (unpaired) electrons. The molecular weight excluding hydrogens is 413 g/mol. The first-order chi connectivity index (χ1) is 12.9. The molecule has 0 spiro atoms. The molecule has 11 heteroatoms. The van der Waals surface area contributed by atoms with Crippen molar-refractivity contribution in [2.75, 3.05) is 5.32 Å². The second kappa shape index (κ2) is 6.73. The molecule has 148 valence electrons. The molecule has 28 heavy (non-hydrogen) atoms. The van der Waals surface area contributed by atoms with Crippen LogP contribution in [0.1, 0.15) is 0 Å². The van der Waals surface area contributed by atoms with Crippen molar-refractivity contribution in [3.63, 3.8) is 0 Å². The van der Waals surface area contributed by atoms with Crippen molar-refractivity contribution < 1.29 is 35.5 Å². The third-order valence-corrected chi connectivity index (χ3v) is 4.58. The quantitative estimate of drug-likeness (QED) is 0.546. The predicted molar refractivity (Wildman–Crippen MR) is 89.6 cm³/mol. The summed E-state index contributed by atoms with van der Waals surface area (Å²) in [5, 5.41) is 3.75. The fraction of sp³-hybridized carbons (Fsp3) is 0.176. The van der Waals surface area contributed by atoms with Crippen LogP contribution in [0, 0.1) is 0 Å². The lowest BCUT2D eigenvalue weighted by molar-refractivity contribution is -0.343. The number of halogens is 7. The van der Waals surface area contributed by atoms with Crippen LogP contribution < -0.4 is 5.32 Å². The van der Waals surface area contributed by atoms with Crippen molar-refractivity contribution in [1.29, 1.82) is 0 Å². The number of alkyl halides is 7. The van der Waals surface area contributed by atoms with Crippen molar-refractivity contribution in [3.05, 3.63) is 47.8 Å². The number of hydrogen-bond donors (Lipinski definition) is 1. The Morgan fingerprint density at radius 3 is 2.25 bits per heavy atom. The second-order valence-corrected chi connectivity index (χ2v) is 6.52. The number of anilines is 1. The number of carbonyl (C=O) groups excluding carboxylic acids is 1. The van der Waals surface area contributed by atoms with Gasteiger partial charge < -0.3 is 0 Å². The fourth-order valence-corrected chi connectivity index (χ4v) is 3.11. The van der Waals surface area contributed by atoms with Gasteiger partial charge in [-0.1, -0.05) is 42.5 Å². The highest BCUT2D eigenvalue weighted by Crippen LogP contribution is 2.47. The molecule has 0 fully saturated rings. The van der Waals surface area contributed by atoms with Crippen molar-refractivity contribution in [2.45, 2.75) is 18.0 Å². The first kappa shape index (κ1) is 20.1. The highest BCUT2D eigenvalue weighted by molar-refractivity contribution is 7.14. The van der Waals surface area contributed by atoms with Crippen molar-refractivity contribution in [2.24, 2.45) is 0 Å². The Morgan fingerprint density at radius 1 is 0.929 bits per heavy atom. The van der Waals surface area contributed by atoms with Gasteiger partial charge in [0.05, 0.1) is 5.69 Å². The smallest absolute Gasteiger partial charge is 0.296 e. The third kappa shape index (κ3) is 3.30. The molecule has 1 heterocycles. The van der Waals surface area contributed by atoms with E-state index >= 15 is 0 Å². The fourth-order valence-electron chi connectivity index (χ4n) is 2.40. The van der Waals surface area contributed by atoms with E-state index in [-0.39, 0.29) is 5.69 Å². The number of nitrogens with one attached hydrogen (secondary N) is 1. The highest BCUT2D eigenvalue weighted by Gasteiger charge is 2.76. The van der Waals surface area contributed by atoms with Crippen LogP contribution in [-0.4, -0.2) is 28.9 Å². The van der Waals surface area contributed by atoms with Gasteiger partial charge in [-0.25, -0.2) is 4.98 Å². The maximum Gasteiger partial charge on any atom is 0.460 e. The lowest BCUT2D eigenvalue weighted by Gasteiger charge is -2.26. The van der Waals surface area contributed by atoms with Gasteiger partial charge in [0.2, 0.25) is 0 Å². The molecule has 1 N–H and O–H groups in total. The normalized spacial score (nSPS) is 13.0. The number of rotatable bonds is 4. The number of carbonyl (C=O) groups is 1. The van der Waals surface area contributed by atoms with Gasteiger partial charge in [-0.15, -0.1) is 11.3 Å². The molecule has 3 rings (SSSR count). The van der Waals surface area contributed by atoms with Gasteiger partial charge in [-0.05, 0) is 10.8 Å². The standard InChI is InChI=1S/C17H9F7N2OS/c18-15(19,16(20,21)17(22,23)24)13(27)26-14-25-12(8-28-14)11-7-3-5-9-4-1-2-6-10(9)11/h1-8H,(H,25,26,27). The summed E-state index contributed by atoms with van der Waals surface area (Å²) in [6, 6.07) is 12.3. The van der Waals surface area contributed by atoms with Crippen LogP contribution in [0.4, 0.5) is 35.9 Å². The minimum absolute atomic E-state index is 0.239. The van der Waals surface area contributed by atoms with Gasteiger partial charge in [-0.3, -0.25) is 10.1 Å². The molecule has 0 saturated carbocycles. The lowest BCUT2D eigenvalue weighted by Crippen LogP contribution is -2.57. The van der Waals surface area contributed by atoms with E-state index in [2.05, 4.69) is 4.98 Å². The van der Waals surface area contributed by atoms with Crippen LogP contribution in [0.25, 0.3) is 22.0 Å². The number of fused-ring (bicyclic) bond motifs is 1. The number of nitrogens with zero attached hydrogens (tertiary/aromatic N) is 1. The zero-order chi connectivity index (χ0) is 20.7. The van der Waals surface area contributed by atoms with E-state index in [4.69, 9.17) is 0 Å². The second-order valence-electron chi connectivity index (χ2n) is 5.67. The van der Waals surface area contributed by atoms with Gasteiger partial charge in [0.15, 0.2) is 5.13 Å². The van der Waals surface area contributed by atoms with E-state index in [1.807, 2.05) is 12.1 Å². The summed E-state index contributed by atoms with van der Waals surface area (Å²) in [5.41, 5.74) is 0.810. The zero-order valence-electron chi connectivity index (χ0n) is 13.5. The van der Waals surface area contributed by atoms with Crippen LogP contribution in [-0.2, 0) is 4.79 Å². The summed E-state index contributed by atoms with van der Waals surface area (Å²) in [5.74, 6) is -15.3. The van der Waals surface area contributed by atoms with Gasteiger partial charge in [0.25, 0.3) is 0 Å². The Bertz CT molecular complexity index is 1020. The van der Waals surface area contributed by atoms with Crippen molar-refractivity contribution in [1.82, 2.24) is 4.98 Å². The summed E-state index contributed by atoms with van der Waals surface area (Å²) < 4.78 is 89.3. The Labute approximate surface area is 156 Å². The van der Waals surface area contributed by atoms with E-state index in [0.717, 1.165) is 10.8 Å². The van der Waals surface area contributed by atoms with E-state index in [1.165, 1.54) is 10.7 Å². The van der Waals surface area contributed by atoms with E-state index < -0.39 is 29.1 Å². The van der Waals surface area contributed by atoms with Crippen LogP contribution in [0.15, 0.2) is 47.8 Å². The first-order valence-electron chi connectivity index (χ1n) is 7.52. The summed E-state index contributed by atoms with van der Waals surface area (Å²) in [4.78, 5) is 15.3. The average molecular weight is 422 g/mol. The molecule has 0 aliphatic carbocycles.